The molecule has 1 aliphatic heterocycles. The largest absolute Gasteiger partial charge is 0.497 e. The van der Waals surface area contributed by atoms with Crippen LogP contribution in [0, 0.1) is 5.92 Å². The molecular formula is C17H25NO2. The Balaban J connectivity index is 1.80. The van der Waals surface area contributed by atoms with E-state index < -0.39 is 0 Å². The number of hydrogen-bond donors (Lipinski definition) is 1. The van der Waals surface area contributed by atoms with Gasteiger partial charge < -0.3 is 9.84 Å². The number of aliphatic hydroxyl groups is 1. The van der Waals surface area contributed by atoms with Gasteiger partial charge in [-0.1, -0.05) is 13.0 Å². The molecule has 110 valence electrons. The smallest absolute Gasteiger partial charge is 0.119 e. The number of benzene rings is 1. The maximum atomic E-state index is 10.7. The van der Waals surface area contributed by atoms with Gasteiger partial charge in [-0.05, 0) is 61.4 Å². The summed E-state index contributed by atoms with van der Waals surface area (Å²) in [5, 5.41) is 10.7. The van der Waals surface area contributed by atoms with E-state index in [-0.39, 0.29) is 6.10 Å². The molecule has 0 amide bonds. The lowest BCUT2D eigenvalue weighted by atomic mass is 9.83. The summed E-state index contributed by atoms with van der Waals surface area (Å²) < 4.78 is 5.28. The van der Waals surface area contributed by atoms with E-state index in [9.17, 15) is 5.11 Å². The number of fused-ring (bicyclic) bond motifs is 1. The molecule has 3 rings (SSSR count). The lowest BCUT2D eigenvalue weighted by Gasteiger charge is -2.42. The zero-order valence-electron chi connectivity index (χ0n) is 12.5. The van der Waals surface area contributed by atoms with E-state index in [4.69, 9.17) is 4.74 Å². The average molecular weight is 275 g/mol. The maximum absolute atomic E-state index is 10.7. The first kappa shape index (κ1) is 13.9. The maximum Gasteiger partial charge on any atom is 0.119 e. The molecule has 3 atom stereocenters. The van der Waals surface area contributed by atoms with Gasteiger partial charge in [-0.2, -0.15) is 0 Å². The van der Waals surface area contributed by atoms with Gasteiger partial charge in [0.05, 0.1) is 13.2 Å². The van der Waals surface area contributed by atoms with Crippen LogP contribution in [0.15, 0.2) is 18.2 Å². The van der Waals surface area contributed by atoms with Gasteiger partial charge in [0.1, 0.15) is 5.75 Å². The van der Waals surface area contributed by atoms with Crippen molar-refractivity contribution in [1.82, 2.24) is 4.90 Å². The predicted octanol–water partition coefficient (Wildman–Crippen LogP) is 2.78. The van der Waals surface area contributed by atoms with Crippen molar-refractivity contribution in [3.63, 3.8) is 0 Å². The van der Waals surface area contributed by atoms with E-state index in [0.717, 1.165) is 43.2 Å². The van der Waals surface area contributed by atoms with Crippen LogP contribution < -0.4 is 4.74 Å². The first-order chi connectivity index (χ1) is 9.69. The molecule has 3 unspecified atom stereocenters. The molecule has 0 radical (unpaired) electrons. The summed E-state index contributed by atoms with van der Waals surface area (Å²) in [7, 11) is 1.69. The van der Waals surface area contributed by atoms with Gasteiger partial charge in [0.25, 0.3) is 0 Å². The minimum Gasteiger partial charge on any atom is -0.497 e. The SMILES string of the molecule is COc1ccc2c(c1)CCC(N1CCCC(C)C1)C2O. The number of nitrogens with zero attached hydrogens (tertiary/aromatic N) is 1. The summed E-state index contributed by atoms with van der Waals surface area (Å²) in [5.74, 6) is 1.65. The summed E-state index contributed by atoms with van der Waals surface area (Å²) in [6, 6.07) is 6.37. The van der Waals surface area contributed by atoms with E-state index in [1.165, 1.54) is 18.4 Å². The third-order valence-electron chi connectivity index (χ3n) is 4.90. The summed E-state index contributed by atoms with van der Waals surface area (Å²) in [6.45, 7) is 4.59. The Morgan fingerprint density at radius 1 is 1.30 bits per heavy atom. The Hall–Kier alpha value is -1.06. The lowest BCUT2D eigenvalue weighted by molar-refractivity contribution is 0.0154. The summed E-state index contributed by atoms with van der Waals surface area (Å²) in [6.07, 6.45) is 4.33. The van der Waals surface area contributed by atoms with Gasteiger partial charge in [0.15, 0.2) is 0 Å². The molecular weight excluding hydrogens is 250 g/mol. The lowest BCUT2D eigenvalue weighted by Crippen LogP contribution is -2.46. The Morgan fingerprint density at radius 2 is 2.15 bits per heavy atom. The highest BCUT2D eigenvalue weighted by Crippen LogP contribution is 2.36. The van der Waals surface area contributed by atoms with E-state index in [2.05, 4.69) is 17.9 Å². The van der Waals surface area contributed by atoms with Gasteiger partial charge in [-0.3, -0.25) is 4.90 Å². The predicted molar refractivity (Wildman–Crippen MR) is 80.0 cm³/mol. The standard InChI is InChI=1S/C17H25NO2/c1-12-4-3-9-18(11-12)16-8-5-13-10-14(20-2)6-7-15(13)17(16)19/h6-7,10,12,16-17,19H,3-5,8-9,11H2,1-2H3. The second-order valence-electron chi connectivity index (χ2n) is 6.36. The fraction of sp³-hybridized carbons (Fsp3) is 0.647. The number of hydrogen-bond acceptors (Lipinski definition) is 3. The highest BCUT2D eigenvalue weighted by atomic mass is 16.5. The summed E-state index contributed by atoms with van der Waals surface area (Å²) >= 11 is 0. The first-order valence-corrected chi connectivity index (χ1v) is 7.78. The second kappa shape index (κ2) is 5.74. The van der Waals surface area contributed by atoms with Crippen molar-refractivity contribution in [2.45, 2.75) is 44.8 Å². The Labute approximate surface area is 121 Å². The quantitative estimate of drug-likeness (QED) is 0.901. The Kier molecular flexibility index (Phi) is 3.99. The van der Waals surface area contributed by atoms with Gasteiger partial charge >= 0.3 is 0 Å². The minimum atomic E-state index is -0.352. The Morgan fingerprint density at radius 3 is 2.90 bits per heavy atom. The second-order valence-corrected chi connectivity index (χ2v) is 6.36. The van der Waals surface area contributed by atoms with Crippen LogP contribution >= 0.6 is 0 Å². The molecule has 0 bridgehead atoms. The van der Waals surface area contributed by atoms with Crippen LogP contribution in [0.5, 0.6) is 5.75 Å². The topological polar surface area (TPSA) is 32.7 Å². The molecule has 2 aliphatic rings. The molecule has 0 spiro atoms. The normalized spacial score (nSPS) is 30.9. The number of methoxy groups -OCH3 is 1. The minimum absolute atomic E-state index is 0.290. The molecule has 0 aromatic heterocycles. The zero-order chi connectivity index (χ0) is 14.1. The van der Waals surface area contributed by atoms with Crippen LogP contribution in [0.2, 0.25) is 0 Å². The molecule has 1 fully saturated rings. The van der Waals surface area contributed by atoms with Gasteiger partial charge in [-0.15, -0.1) is 0 Å². The number of piperidine rings is 1. The van der Waals surface area contributed by atoms with Crippen molar-refractivity contribution in [3.05, 3.63) is 29.3 Å². The van der Waals surface area contributed by atoms with Crippen LogP contribution in [-0.4, -0.2) is 36.2 Å². The van der Waals surface area contributed by atoms with Crippen LogP contribution in [0.25, 0.3) is 0 Å². The van der Waals surface area contributed by atoms with Crippen LogP contribution in [0.4, 0.5) is 0 Å². The van der Waals surface area contributed by atoms with Crippen molar-refractivity contribution in [2.75, 3.05) is 20.2 Å². The fourth-order valence-electron chi connectivity index (χ4n) is 3.79. The molecule has 1 aliphatic carbocycles. The van der Waals surface area contributed by atoms with Crippen molar-refractivity contribution >= 4 is 0 Å². The Bertz CT molecular complexity index is 474. The number of ether oxygens (including phenoxy) is 1. The highest BCUT2D eigenvalue weighted by Gasteiger charge is 2.34. The zero-order valence-corrected chi connectivity index (χ0v) is 12.5. The molecule has 1 aromatic rings. The van der Waals surface area contributed by atoms with E-state index in [0.29, 0.717) is 6.04 Å². The molecule has 1 saturated heterocycles. The third kappa shape index (κ3) is 2.57. The van der Waals surface area contributed by atoms with Crippen LogP contribution in [0.3, 0.4) is 0 Å². The van der Waals surface area contributed by atoms with E-state index in [1.54, 1.807) is 7.11 Å². The van der Waals surface area contributed by atoms with Crippen LogP contribution in [0.1, 0.15) is 43.4 Å². The number of rotatable bonds is 2. The number of aryl methyl sites for hydroxylation is 1. The number of likely N-dealkylation sites (tertiary alicyclic amines) is 1. The fourth-order valence-corrected chi connectivity index (χ4v) is 3.79. The van der Waals surface area contributed by atoms with Gasteiger partial charge in [-0.25, -0.2) is 0 Å². The van der Waals surface area contributed by atoms with E-state index in [1.807, 2.05) is 12.1 Å². The van der Waals surface area contributed by atoms with Crippen LogP contribution in [-0.2, 0) is 6.42 Å². The molecule has 3 heteroatoms. The van der Waals surface area contributed by atoms with Crippen molar-refractivity contribution in [1.29, 1.82) is 0 Å². The molecule has 20 heavy (non-hydrogen) atoms. The van der Waals surface area contributed by atoms with E-state index >= 15 is 0 Å². The molecule has 1 aromatic carbocycles. The van der Waals surface area contributed by atoms with Crippen molar-refractivity contribution in [2.24, 2.45) is 5.92 Å². The monoisotopic (exact) mass is 275 g/mol. The summed E-state index contributed by atoms with van der Waals surface area (Å²) in [4.78, 5) is 2.51. The summed E-state index contributed by atoms with van der Waals surface area (Å²) in [5.41, 5.74) is 2.35. The molecule has 1 N–H and O–H groups in total. The molecule has 3 nitrogen and oxygen atoms in total. The van der Waals surface area contributed by atoms with Gasteiger partial charge in [0, 0.05) is 12.6 Å². The van der Waals surface area contributed by atoms with Crippen molar-refractivity contribution in [3.8, 4) is 5.75 Å². The third-order valence-corrected chi connectivity index (χ3v) is 4.90. The van der Waals surface area contributed by atoms with Gasteiger partial charge in [0.2, 0.25) is 0 Å². The average Bonchev–Trinajstić information content (AvgIpc) is 2.47. The molecule has 0 saturated carbocycles. The molecule has 1 heterocycles. The first-order valence-electron chi connectivity index (χ1n) is 7.78. The van der Waals surface area contributed by atoms with Crippen molar-refractivity contribution < 1.29 is 9.84 Å². The number of aliphatic hydroxyl groups excluding tert-OH is 1. The highest BCUT2D eigenvalue weighted by molar-refractivity contribution is 5.39.